The summed E-state index contributed by atoms with van der Waals surface area (Å²) in [5.74, 6) is 1.03. The fourth-order valence-electron chi connectivity index (χ4n) is 2.72. The molecule has 0 fully saturated rings. The fourth-order valence-corrected chi connectivity index (χ4v) is 4.11. The zero-order valence-corrected chi connectivity index (χ0v) is 18.8. The molecule has 0 aliphatic rings. The van der Waals surface area contributed by atoms with E-state index < -0.39 is 5.91 Å². The van der Waals surface area contributed by atoms with Crippen molar-refractivity contribution in [1.82, 2.24) is 9.99 Å². The summed E-state index contributed by atoms with van der Waals surface area (Å²) in [6.45, 7) is 1.75. The summed E-state index contributed by atoms with van der Waals surface area (Å²) < 4.78 is 12.7. The summed E-state index contributed by atoms with van der Waals surface area (Å²) >= 11 is 12.4. The van der Waals surface area contributed by atoms with Gasteiger partial charge in [0.25, 0.3) is 5.91 Å². The van der Waals surface area contributed by atoms with Crippen molar-refractivity contribution in [2.75, 3.05) is 20.0 Å². The van der Waals surface area contributed by atoms with Gasteiger partial charge in [0.15, 0.2) is 3.95 Å². The van der Waals surface area contributed by atoms with E-state index >= 15 is 0 Å². The van der Waals surface area contributed by atoms with Crippen molar-refractivity contribution in [3.63, 3.8) is 0 Å². The van der Waals surface area contributed by atoms with Crippen LogP contribution in [0.3, 0.4) is 0 Å². The number of carbonyl (C=O) groups excluding carboxylic acids is 1. The smallest absolute Gasteiger partial charge is 0.285 e. The molecule has 0 spiro atoms. The quantitative estimate of drug-likeness (QED) is 0.315. The van der Waals surface area contributed by atoms with Crippen LogP contribution < -0.4 is 20.6 Å². The number of anilines is 1. The third-order valence-electron chi connectivity index (χ3n) is 4.26. The second kappa shape index (κ2) is 9.29. The van der Waals surface area contributed by atoms with Gasteiger partial charge in [-0.15, -0.1) is 0 Å². The molecule has 0 saturated heterocycles. The van der Waals surface area contributed by atoms with Gasteiger partial charge in [-0.2, -0.15) is 5.10 Å². The molecule has 2 aromatic carbocycles. The maximum absolute atomic E-state index is 12.7. The van der Waals surface area contributed by atoms with Crippen LogP contribution in [0.25, 0.3) is 5.69 Å². The summed E-state index contributed by atoms with van der Waals surface area (Å²) in [4.78, 5) is 13.0. The first-order valence-corrected chi connectivity index (χ1v) is 10.3. The number of methoxy groups -OCH3 is 2. The van der Waals surface area contributed by atoms with Gasteiger partial charge in [-0.1, -0.05) is 22.9 Å². The number of nitrogens with one attached hydrogen (secondary N) is 1. The van der Waals surface area contributed by atoms with E-state index in [1.165, 1.54) is 0 Å². The third kappa shape index (κ3) is 4.48. The highest BCUT2D eigenvalue weighted by Gasteiger charge is 2.18. The second-order valence-electron chi connectivity index (χ2n) is 6.10. The van der Waals surface area contributed by atoms with Crippen LogP contribution >= 0.6 is 35.2 Å². The van der Waals surface area contributed by atoms with Crippen molar-refractivity contribution in [2.24, 2.45) is 5.10 Å². The maximum Gasteiger partial charge on any atom is 0.285 e. The van der Waals surface area contributed by atoms with Gasteiger partial charge in [0.1, 0.15) is 22.2 Å². The van der Waals surface area contributed by atoms with E-state index in [4.69, 9.17) is 39.0 Å². The van der Waals surface area contributed by atoms with Gasteiger partial charge in [0, 0.05) is 16.3 Å². The SMILES string of the molecule is COc1ccc(OC)c(C(C)=NNC(=O)c2sc(=S)n(-c3ccc(Cl)cc3)c2N)c1. The largest absolute Gasteiger partial charge is 0.497 e. The lowest BCUT2D eigenvalue weighted by atomic mass is 10.1. The predicted molar refractivity (Wildman–Crippen MR) is 123 cm³/mol. The predicted octanol–water partition coefficient (Wildman–Crippen LogP) is 4.68. The van der Waals surface area contributed by atoms with E-state index in [1.54, 1.807) is 68.2 Å². The van der Waals surface area contributed by atoms with Crippen molar-refractivity contribution in [3.05, 3.63) is 61.9 Å². The van der Waals surface area contributed by atoms with Gasteiger partial charge < -0.3 is 15.2 Å². The summed E-state index contributed by atoms with van der Waals surface area (Å²) in [6, 6.07) is 12.3. The molecule has 30 heavy (non-hydrogen) atoms. The lowest BCUT2D eigenvalue weighted by Gasteiger charge is -2.10. The number of hydrogen-bond donors (Lipinski definition) is 2. The second-order valence-corrected chi connectivity index (χ2v) is 8.18. The number of hydrogen-bond acceptors (Lipinski definition) is 7. The molecule has 156 valence electrons. The van der Waals surface area contributed by atoms with Gasteiger partial charge in [-0.05, 0) is 61.6 Å². The molecule has 0 aliphatic carbocycles. The number of amides is 1. The van der Waals surface area contributed by atoms with Gasteiger partial charge in [-0.3, -0.25) is 9.36 Å². The zero-order chi connectivity index (χ0) is 21.8. The minimum atomic E-state index is -0.461. The summed E-state index contributed by atoms with van der Waals surface area (Å²) in [7, 11) is 3.13. The van der Waals surface area contributed by atoms with Crippen LogP contribution in [-0.2, 0) is 0 Å². The topological polar surface area (TPSA) is 90.9 Å². The number of nitrogen functional groups attached to an aromatic ring is 1. The molecule has 0 atom stereocenters. The van der Waals surface area contributed by atoms with Gasteiger partial charge >= 0.3 is 0 Å². The van der Waals surface area contributed by atoms with Crippen LogP contribution in [0.2, 0.25) is 5.02 Å². The van der Waals surface area contributed by atoms with E-state index in [1.807, 2.05) is 0 Å². The van der Waals surface area contributed by atoms with E-state index in [0.29, 0.717) is 31.8 Å². The van der Waals surface area contributed by atoms with Crippen molar-refractivity contribution in [2.45, 2.75) is 6.92 Å². The average Bonchev–Trinajstić information content (AvgIpc) is 3.06. The van der Waals surface area contributed by atoms with Crippen molar-refractivity contribution >= 4 is 52.6 Å². The zero-order valence-electron chi connectivity index (χ0n) is 16.4. The molecule has 7 nitrogen and oxygen atoms in total. The molecular weight excluding hydrogens is 444 g/mol. The Balaban J connectivity index is 1.88. The molecule has 0 radical (unpaired) electrons. The Morgan fingerprint density at radius 2 is 1.90 bits per heavy atom. The Morgan fingerprint density at radius 1 is 1.20 bits per heavy atom. The number of carbonyl (C=O) groups is 1. The molecule has 3 N–H and O–H groups in total. The molecule has 1 amide bonds. The monoisotopic (exact) mass is 462 g/mol. The van der Waals surface area contributed by atoms with E-state index in [9.17, 15) is 4.79 Å². The number of thiazole rings is 1. The first-order chi connectivity index (χ1) is 14.3. The summed E-state index contributed by atoms with van der Waals surface area (Å²) in [5, 5.41) is 4.78. The molecule has 0 aliphatic heterocycles. The Morgan fingerprint density at radius 3 is 2.53 bits per heavy atom. The normalized spacial score (nSPS) is 11.3. The number of rotatable bonds is 6. The molecule has 1 heterocycles. The minimum absolute atomic E-state index is 0.233. The van der Waals surface area contributed by atoms with Crippen LogP contribution in [0.15, 0.2) is 47.6 Å². The van der Waals surface area contributed by atoms with Crippen molar-refractivity contribution < 1.29 is 14.3 Å². The Kier molecular flexibility index (Phi) is 6.76. The standard InChI is InChI=1S/C20H19ClN4O3S2/c1-11(15-10-14(27-2)8-9-16(15)28-3)23-24-19(26)17-18(22)25(20(29)30-17)13-6-4-12(21)5-7-13/h4-10H,22H2,1-3H3,(H,24,26). The van der Waals surface area contributed by atoms with E-state index in [2.05, 4.69) is 10.5 Å². The summed E-state index contributed by atoms with van der Waals surface area (Å²) in [5.41, 5.74) is 10.7. The Labute approximate surface area is 187 Å². The fraction of sp³-hybridized carbons (Fsp3) is 0.150. The number of halogens is 1. The third-order valence-corrected chi connectivity index (χ3v) is 5.90. The average molecular weight is 463 g/mol. The highest BCUT2D eigenvalue weighted by atomic mass is 35.5. The highest BCUT2D eigenvalue weighted by Crippen LogP contribution is 2.27. The molecule has 3 rings (SSSR count). The first-order valence-electron chi connectivity index (χ1n) is 8.70. The molecule has 0 bridgehead atoms. The Bertz CT molecular complexity index is 1170. The van der Waals surface area contributed by atoms with E-state index in [-0.39, 0.29) is 10.7 Å². The molecule has 0 unspecified atom stereocenters. The highest BCUT2D eigenvalue weighted by molar-refractivity contribution is 7.73. The first kappa shape index (κ1) is 21.8. The van der Waals surface area contributed by atoms with Crippen LogP contribution in [0.1, 0.15) is 22.2 Å². The number of nitrogens with zero attached hydrogens (tertiary/aromatic N) is 2. The van der Waals surface area contributed by atoms with Crippen molar-refractivity contribution in [3.8, 4) is 17.2 Å². The molecule has 3 aromatic rings. The lowest BCUT2D eigenvalue weighted by Crippen LogP contribution is -2.20. The molecule has 1 aromatic heterocycles. The maximum atomic E-state index is 12.7. The van der Waals surface area contributed by atoms with Crippen LogP contribution in [0.5, 0.6) is 11.5 Å². The van der Waals surface area contributed by atoms with Crippen LogP contribution in [-0.4, -0.2) is 30.4 Å². The number of hydrazone groups is 1. The van der Waals surface area contributed by atoms with Crippen LogP contribution in [0, 0.1) is 3.95 Å². The van der Waals surface area contributed by atoms with Gasteiger partial charge in [0.2, 0.25) is 0 Å². The summed E-state index contributed by atoms with van der Waals surface area (Å²) in [6.07, 6.45) is 0. The van der Waals surface area contributed by atoms with E-state index in [0.717, 1.165) is 17.0 Å². The molecule has 0 saturated carbocycles. The molecule has 10 heteroatoms. The Hall–Kier alpha value is -2.88. The van der Waals surface area contributed by atoms with Crippen molar-refractivity contribution in [1.29, 1.82) is 0 Å². The molecular formula is C20H19ClN4O3S2. The lowest BCUT2D eigenvalue weighted by molar-refractivity contribution is 0.0959. The number of benzene rings is 2. The number of ether oxygens (including phenoxy) is 2. The number of nitrogens with two attached hydrogens (primary N) is 1. The number of aromatic nitrogens is 1. The van der Waals surface area contributed by atoms with Gasteiger partial charge in [-0.25, -0.2) is 5.43 Å². The minimum Gasteiger partial charge on any atom is -0.497 e. The van der Waals surface area contributed by atoms with Crippen LogP contribution in [0.4, 0.5) is 5.82 Å². The van der Waals surface area contributed by atoms with Gasteiger partial charge in [0.05, 0.1) is 19.9 Å².